The van der Waals surface area contributed by atoms with Crippen molar-refractivity contribution in [3.8, 4) is 0 Å². The first-order chi connectivity index (χ1) is 7.66. The van der Waals surface area contributed by atoms with Gasteiger partial charge in [0.1, 0.15) is 0 Å². The van der Waals surface area contributed by atoms with Gasteiger partial charge in [0.2, 0.25) is 5.95 Å². The van der Waals surface area contributed by atoms with E-state index in [0.717, 1.165) is 18.8 Å². The highest BCUT2D eigenvalue weighted by Crippen LogP contribution is 2.19. The minimum absolute atomic E-state index is 0.103. The molecule has 1 aliphatic heterocycles. The van der Waals surface area contributed by atoms with Crippen molar-refractivity contribution >= 4 is 17.7 Å². The fraction of sp³-hybridized carbons (Fsp3) is 0.455. The minimum atomic E-state index is -0.606. The molecule has 0 bridgehead atoms. The second kappa shape index (κ2) is 4.82. The molecular formula is C11H13FN2OS. The van der Waals surface area contributed by atoms with Gasteiger partial charge in [-0.25, -0.2) is 4.98 Å². The highest BCUT2D eigenvalue weighted by molar-refractivity contribution is 7.99. The van der Waals surface area contributed by atoms with Crippen LogP contribution >= 0.6 is 11.8 Å². The Balaban J connectivity index is 2.12. The SMILES string of the molecule is CC1CN(C(=O)c2ccnc(F)c2)CCS1. The van der Waals surface area contributed by atoms with Gasteiger partial charge in [-0.15, -0.1) is 0 Å². The van der Waals surface area contributed by atoms with Crippen molar-refractivity contribution in [3.63, 3.8) is 0 Å². The first-order valence-electron chi connectivity index (χ1n) is 5.19. The van der Waals surface area contributed by atoms with Gasteiger partial charge < -0.3 is 4.90 Å². The topological polar surface area (TPSA) is 33.2 Å². The van der Waals surface area contributed by atoms with Gasteiger partial charge in [0.25, 0.3) is 5.91 Å². The second-order valence-electron chi connectivity index (χ2n) is 3.80. The van der Waals surface area contributed by atoms with E-state index in [1.54, 1.807) is 11.0 Å². The number of pyridine rings is 1. The first-order valence-corrected chi connectivity index (χ1v) is 6.24. The van der Waals surface area contributed by atoms with Gasteiger partial charge >= 0.3 is 0 Å². The maximum absolute atomic E-state index is 12.9. The minimum Gasteiger partial charge on any atom is -0.337 e. The molecule has 0 spiro atoms. The normalized spacial score (nSPS) is 20.9. The van der Waals surface area contributed by atoms with E-state index in [-0.39, 0.29) is 5.91 Å². The number of rotatable bonds is 1. The summed E-state index contributed by atoms with van der Waals surface area (Å²) in [7, 11) is 0. The van der Waals surface area contributed by atoms with Crippen molar-refractivity contribution in [2.24, 2.45) is 0 Å². The lowest BCUT2D eigenvalue weighted by Crippen LogP contribution is -2.41. The summed E-state index contributed by atoms with van der Waals surface area (Å²) in [6.45, 7) is 3.56. The summed E-state index contributed by atoms with van der Waals surface area (Å²) in [4.78, 5) is 17.2. The van der Waals surface area contributed by atoms with E-state index in [9.17, 15) is 9.18 Å². The van der Waals surface area contributed by atoms with Crippen LogP contribution in [0.25, 0.3) is 0 Å². The summed E-state index contributed by atoms with van der Waals surface area (Å²) in [5, 5.41) is 0.449. The van der Waals surface area contributed by atoms with Gasteiger partial charge in [-0.3, -0.25) is 4.79 Å². The van der Waals surface area contributed by atoms with Gasteiger partial charge in [0.15, 0.2) is 0 Å². The van der Waals surface area contributed by atoms with Crippen LogP contribution in [0.3, 0.4) is 0 Å². The second-order valence-corrected chi connectivity index (χ2v) is 5.35. The zero-order chi connectivity index (χ0) is 11.5. The average molecular weight is 240 g/mol. The Bertz CT molecular complexity index is 399. The van der Waals surface area contributed by atoms with Crippen LogP contribution in [0.1, 0.15) is 17.3 Å². The monoisotopic (exact) mass is 240 g/mol. The Kier molecular flexibility index (Phi) is 3.43. The van der Waals surface area contributed by atoms with Crippen LogP contribution in [0.4, 0.5) is 4.39 Å². The van der Waals surface area contributed by atoms with E-state index in [4.69, 9.17) is 0 Å². The van der Waals surface area contributed by atoms with Crippen molar-refractivity contribution in [3.05, 3.63) is 29.8 Å². The standard InChI is InChI=1S/C11H13FN2OS/c1-8-7-14(4-5-16-8)11(15)9-2-3-13-10(12)6-9/h2-3,6,8H,4-5,7H2,1H3. The Morgan fingerprint density at radius 2 is 2.50 bits per heavy atom. The number of aromatic nitrogens is 1. The fourth-order valence-corrected chi connectivity index (χ4v) is 2.73. The van der Waals surface area contributed by atoms with Gasteiger partial charge in [-0.1, -0.05) is 6.92 Å². The summed E-state index contributed by atoms with van der Waals surface area (Å²) >= 11 is 1.86. The summed E-state index contributed by atoms with van der Waals surface area (Å²) in [5.74, 6) is 0.235. The third-order valence-corrected chi connectivity index (χ3v) is 3.64. The molecule has 2 heterocycles. The molecule has 1 aliphatic rings. The summed E-state index contributed by atoms with van der Waals surface area (Å²) in [6.07, 6.45) is 1.32. The number of nitrogens with zero attached hydrogens (tertiary/aromatic N) is 2. The van der Waals surface area contributed by atoms with Crippen LogP contribution in [0, 0.1) is 5.95 Å². The predicted octanol–water partition coefficient (Wildman–Crippen LogP) is 1.80. The molecule has 5 heteroatoms. The molecule has 1 fully saturated rings. The van der Waals surface area contributed by atoms with Crippen LogP contribution in [-0.2, 0) is 0 Å². The molecule has 2 rings (SSSR count). The molecule has 1 aromatic heterocycles. The van der Waals surface area contributed by atoms with Crippen LogP contribution < -0.4 is 0 Å². The lowest BCUT2D eigenvalue weighted by molar-refractivity contribution is 0.0762. The number of thioether (sulfide) groups is 1. The molecular weight excluding hydrogens is 227 g/mol. The van der Waals surface area contributed by atoms with Crippen molar-refractivity contribution < 1.29 is 9.18 Å². The quantitative estimate of drug-likeness (QED) is 0.702. The predicted molar refractivity (Wildman–Crippen MR) is 62.0 cm³/mol. The van der Waals surface area contributed by atoms with E-state index in [1.165, 1.54) is 12.3 Å². The molecule has 1 atom stereocenters. The van der Waals surface area contributed by atoms with Crippen LogP contribution in [0.2, 0.25) is 0 Å². The zero-order valence-corrected chi connectivity index (χ0v) is 9.84. The van der Waals surface area contributed by atoms with Crippen LogP contribution in [-0.4, -0.2) is 39.9 Å². The highest BCUT2D eigenvalue weighted by atomic mass is 32.2. The van der Waals surface area contributed by atoms with Gasteiger partial charge in [-0.2, -0.15) is 16.2 Å². The fourth-order valence-electron chi connectivity index (χ4n) is 1.72. The van der Waals surface area contributed by atoms with E-state index in [0.29, 0.717) is 10.8 Å². The zero-order valence-electron chi connectivity index (χ0n) is 9.02. The molecule has 86 valence electrons. The highest BCUT2D eigenvalue weighted by Gasteiger charge is 2.22. The first kappa shape index (κ1) is 11.4. The number of carbonyl (C=O) groups is 1. The third-order valence-electron chi connectivity index (χ3n) is 2.50. The van der Waals surface area contributed by atoms with Crippen molar-refractivity contribution in [2.45, 2.75) is 12.2 Å². The average Bonchev–Trinajstić information content (AvgIpc) is 2.28. The molecule has 16 heavy (non-hydrogen) atoms. The smallest absolute Gasteiger partial charge is 0.254 e. The molecule has 0 radical (unpaired) electrons. The summed E-state index contributed by atoms with van der Waals surface area (Å²) in [6, 6.07) is 2.74. The number of amides is 1. The largest absolute Gasteiger partial charge is 0.337 e. The van der Waals surface area contributed by atoms with Gasteiger partial charge in [-0.05, 0) is 6.07 Å². The van der Waals surface area contributed by atoms with Gasteiger partial charge in [0.05, 0.1) is 0 Å². The maximum Gasteiger partial charge on any atom is 0.254 e. The lowest BCUT2D eigenvalue weighted by atomic mass is 10.2. The molecule has 1 unspecified atom stereocenters. The van der Waals surface area contributed by atoms with E-state index >= 15 is 0 Å². The van der Waals surface area contributed by atoms with Crippen molar-refractivity contribution in [1.82, 2.24) is 9.88 Å². The van der Waals surface area contributed by atoms with Crippen LogP contribution in [0.15, 0.2) is 18.3 Å². The lowest BCUT2D eigenvalue weighted by Gasteiger charge is -2.30. The Hall–Kier alpha value is -1.10. The van der Waals surface area contributed by atoms with Gasteiger partial charge in [0, 0.05) is 41.9 Å². The molecule has 0 aromatic carbocycles. The maximum atomic E-state index is 12.9. The molecule has 1 aromatic rings. The molecule has 0 aliphatic carbocycles. The summed E-state index contributed by atoms with van der Waals surface area (Å²) in [5.41, 5.74) is 0.381. The summed E-state index contributed by atoms with van der Waals surface area (Å²) < 4.78 is 12.9. The van der Waals surface area contributed by atoms with Crippen LogP contribution in [0.5, 0.6) is 0 Å². The van der Waals surface area contributed by atoms with Crippen molar-refractivity contribution in [2.75, 3.05) is 18.8 Å². The molecule has 0 N–H and O–H groups in total. The Labute approximate surface area is 98.0 Å². The molecule has 3 nitrogen and oxygen atoms in total. The Morgan fingerprint density at radius 3 is 3.19 bits per heavy atom. The van der Waals surface area contributed by atoms with E-state index in [2.05, 4.69) is 11.9 Å². The number of hydrogen-bond acceptors (Lipinski definition) is 3. The number of hydrogen-bond donors (Lipinski definition) is 0. The number of carbonyl (C=O) groups excluding carboxylic acids is 1. The number of halogens is 1. The molecule has 1 amide bonds. The molecule has 1 saturated heterocycles. The van der Waals surface area contributed by atoms with Crippen molar-refractivity contribution in [1.29, 1.82) is 0 Å². The Morgan fingerprint density at radius 1 is 1.69 bits per heavy atom. The van der Waals surface area contributed by atoms with E-state index in [1.807, 2.05) is 11.8 Å². The van der Waals surface area contributed by atoms with E-state index < -0.39 is 5.95 Å². The third kappa shape index (κ3) is 2.52. The molecule has 0 saturated carbocycles.